The fourth-order valence-electron chi connectivity index (χ4n) is 7.42. The summed E-state index contributed by atoms with van der Waals surface area (Å²) in [5, 5.41) is 10.5. The second-order valence-corrected chi connectivity index (χ2v) is 15.4. The zero-order valence-electron chi connectivity index (χ0n) is 25.9. The predicted molar refractivity (Wildman–Crippen MR) is 178 cm³/mol. The molecule has 0 aromatic heterocycles. The number of unbranched alkanes of at least 4 members (excludes halogenated alkanes) is 2. The molecule has 3 fully saturated rings. The fourth-order valence-corrected chi connectivity index (χ4v) is 11.0. The molecular weight excluding hydrogens is 626 g/mol. The molecule has 3 heterocycles. The van der Waals surface area contributed by atoms with Crippen LogP contribution in [0.1, 0.15) is 58.4 Å². The molecule has 3 unspecified atom stereocenters. The average molecular weight is 675 g/mol. The summed E-state index contributed by atoms with van der Waals surface area (Å²) < 4.78 is -0.755. The second kappa shape index (κ2) is 14.8. The molecule has 43 heavy (non-hydrogen) atoms. The maximum atomic E-state index is 14.7. The lowest BCUT2D eigenvalue weighted by atomic mass is 9.70. The predicted octanol–water partition coefficient (Wildman–Crippen LogP) is 5.28. The number of hydrogen-bond donors (Lipinski definition) is 1. The standard InChI is InChI=1S/C34H48BrN3O4S/c1-6-9-13-18-36(16-7-2)33(42)30-34-20-26(35)29(43-34)27(28(34)32(41)38(30)25(22-39)19-23(4)5)31(40)37(17-8-3)21-24-14-11-10-12-15-24/h7-8,10-12,14-15,23,25-30,39H,2-3,6,9,13,16-22H2,1,4-5H3/t25-,26?,27-,28+,29-,30?,34?/m1/s1. The molecule has 2 bridgehead atoms. The Balaban J connectivity index is 1.77. The van der Waals surface area contributed by atoms with Gasteiger partial charge in [0, 0.05) is 36.3 Å². The van der Waals surface area contributed by atoms with Crippen molar-refractivity contribution in [1.29, 1.82) is 0 Å². The van der Waals surface area contributed by atoms with E-state index in [4.69, 9.17) is 0 Å². The molecule has 1 aromatic carbocycles. The quantitative estimate of drug-likeness (QED) is 0.147. The van der Waals surface area contributed by atoms with Crippen LogP contribution in [0.5, 0.6) is 0 Å². The van der Waals surface area contributed by atoms with E-state index in [1.54, 1.807) is 33.7 Å². The number of hydrogen-bond acceptors (Lipinski definition) is 5. The van der Waals surface area contributed by atoms with E-state index in [0.717, 1.165) is 24.8 Å². The van der Waals surface area contributed by atoms with Crippen LogP contribution in [0.2, 0.25) is 0 Å². The molecule has 7 nitrogen and oxygen atoms in total. The zero-order valence-corrected chi connectivity index (χ0v) is 28.3. The van der Waals surface area contributed by atoms with Gasteiger partial charge in [0.05, 0.1) is 29.2 Å². The highest BCUT2D eigenvalue weighted by atomic mass is 79.9. The Labute approximate surface area is 270 Å². The first-order valence-corrected chi connectivity index (χ1v) is 17.5. The summed E-state index contributed by atoms with van der Waals surface area (Å²) >= 11 is 5.54. The van der Waals surface area contributed by atoms with Crippen molar-refractivity contribution in [1.82, 2.24) is 14.7 Å². The van der Waals surface area contributed by atoms with Crippen molar-refractivity contribution >= 4 is 45.4 Å². The van der Waals surface area contributed by atoms with Gasteiger partial charge in [0.15, 0.2) is 0 Å². The minimum absolute atomic E-state index is 0.0151. The van der Waals surface area contributed by atoms with Crippen LogP contribution in [0.4, 0.5) is 0 Å². The van der Waals surface area contributed by atoms with Gasteiger partial charge in [0.2, 0.25) is 17.7 Å². The summed E-state index contributed by atoms with van der Waals surface area (Å²) in [6.07, 6.45) is 7.58. The molecule has 0 radical (unpaired) electrons. The van der Waals surface area contributed by atoms with E-state index in [1.807, 2.05) is 35.2 Å². The minimum atomic E-state index is -0.755. The van der Waals surface area contributed by atoms with Crippen LogP contribution >= 0.6 is 27.7 Å². The largest absolute Gasteiger partial charge is 0.394 e. The number of fused-ring (bicyclic) bond motifs is 1. The molecule has 236 valence electrons. The molecule has 3 aliphatic heterocycles. The van der Waals surface area contributed by atoms with E-state index >= 15 is 0 Å². The molecule has 1 aromatic rings. The molecular formula is C34H48BrN3O4S. The Bertz CT molecular complexity index is 1170. The molecule has 3 saturated heterocycles. The molecule has 3 aliphatic rings. The number of rotatable bonds is 16. The molecule has 7 atom stereocenters. The maximum Gasteiger partial charge on any atom is 0.247 e. The van der Waals surface area contributed by atoms with Gasteiger partial charge in [-0.25, -0.2) is 0 Å². The first-order valence-electron chi connectivity index (χ1n) is 15.7. The molecule has 0 saturated carbocycles. The second-order valence-electron chi connectivity index (χ2n) is 12.6. The van der Waals surface area contributed by atoms with Gasteiger partial charge in [-0.3, -0.25) is 14.4 Å². The number of alkyl halides is 1. The summed E-state index contributed by atoms with van der Waals surface area (Å²) in [5.41, 5.74) is 1.01. The summed E-state index contributed by atoms with van der Waals surface area (Å²) in [5.74, 6) is -1.34. The highest BCUT2D eigenvalue weighted by Crippen LogP contribution is 2.68. The van der Waals surface area contributed by atoms with Gasteiger partial charge < -0.3 is 19.8 Å². The molecule has 9 heteroatoms. The SMILES string of the molecule is C=CCN(CCCCC)C(=O)C1N([C@@H](CO)CC(C)C)C(=O)[C@@H]2[C@@H](C(=O)N(CC=C)Cc3ccccc3)[C@@H]3SC12CC3Br. The molecule has 4 rings (SSSR count). The third kappa shape index (κ3) is 6.64. The van der Waals surface area contributed by atoms with Crippen molar-refractivity contribution in [2.45, 2.75) is 86.3 Å². The van der Waals surface area contributed by atoms with Crippen molar-refractivity contribution in [3.63, 3.8) is 0 Å². The van der Waals surface area contributed by atoms with Gasteiger partial charge in [0.25, 0.3) is 0 Å². The molecule has 1 N–H and O–H groups in total. The first-order chi connectivity index (χ1) is 20.6. The van der Waals surface area contributed by atoms with Crippen LogP contribution < -0.4 is 0 Å². The fraction of sp³-hybridized carbons (Fsp3) is 0.618. The van der Waals surface area contributed by atoms with E-state index in [2.05, 4.69) is 49.9 Å². The monoisotopic (exact) mass is 673 g/mol. The number of amides is 3. The highest BCUT2D eigenvalue weighted by Gasteiger charge is 2.76. The number of benzene rings is 1. The van der Waals surface area contributed by atoms with Crippen LogP contribution in [0, 0.1) is 17.8 Å². The van der Waals surface area contributed by atoms with Crippen molar-refractivity contribution in [3.8, 4) is 0 Å². The van der Waals surface area contributed by atoms with Crippen LogP contribution in [-0.2, 0) is 20.9 Å². The van der Waals surface area contributed by atoms with E-state index < -0.39 is 28.7 Å². The smallest absolute Gasteiger partial charge is 0.247 e. The molecule has 3 amide bonds. The number of thioether (sulfide) groups is 1. The maximum absolute atomic E-state index is 14.7. The number of likely N-dealkylation sites (tertiary alicyclic amines) is 1. The van der Waals surface area contributed by atoms with Gasteiger partial charge in [-0.2, -0.15) is 0 Å². The Morgan fingerprint density at radius 1 is 1.14 bits per heavy atom. The Morgan fingerprint density at radius 3 is 2.42 bits per heavy atom. The van der Waals surface area contributed by atoms with Crippen LogP contribution in [0.15, 0.2) is 55.6 Å². The number of aliphatic hydroxyl groups excluding tert-OH is 1. The minimum Gasteiger partial charge on any atom is -0.394 e. The number of carbonyl (C=O) groups excluding carboxylic acids is 3. The topological polar surface area (TPSA) is 81.2 Å². The van der Waals surface area contributed by atoms with Crippen molar-refractivity contribution < 1.29 is 19.5 Å². The van der Waals surface area contributed by atoms with Crippen molar-refractivity contribution in [2.75, 3.05) is 26.2 Å². The third-order valence-electron chi connectivity index (χ3n) is 9.16. The van der Waals surface area contributed by atoms with E-state index in [9.17, 15) is 19.5 Å². The van der Waals surface area contributed by atoms with Gasteiger partial charge in [-0.05, 0) is 30.7 Å². The molecule has 1 spiro atoms. The van der Waals surface area contributed by atoms with E-state index in [1.165, 1.54) is 0 Å². The van der Waals surface area contributed by atoms with Gasteiger partial charge in [-0.1, -0.05) is 92.0 Å². The van der Waals surface area contributed by atoms with Crippen LogP contribution in [-0.4, -0.2) is 90.7 Å². The van der Waals surface area contributed by atoms with E-state index in [-0.39, 0.29) is 40.3 Å². The lowest BCUT2D eigenvalue weighted by Crippen LogP contribution is -2.58. The number of carbonyl (C=O) groups is 3. The Morgan fingerprint density at radius 2 is 1.81 bits per heavy atom. The third-order valence-corrected chi connectivity index (χ3v) is 12.4. The molecule has 0 aliphatic carbocycles. The number of aliphatic hydroxyl groups is 1. The van der Waals surface area contributed by atoms with Crippen molar-refractivity contribution in [2.24, 2.45) is 17.8 Å². The lowest BCUT2D eigenvalue weighted by Gasteiger charge is -2.40. The van der Waals surface area contributed by atoms with Gasteiger partial charge in [-0.15, -0.1) is 24.9 Å². The first kappa shape index (κ1) is 33.8. The zero-order chi connectivity index (χ0) is 31.3. The van der Waals surface area contributed by atoms with Crippen LogP contribution in [0.3, 0.4) is 0 Å². The van der Waals surface area contributed by atoms with Crippen molar-refractivity contribution in [3.05, 3.63) is 61.2 Å². The highest BCUT2D eigenvalue weighted by molar-refractivity contribution is 9.09. The average Bonchev–Trinajstić information content (AvgIpc) is 3.58. The summed E-state index contributed by atoms with van der Waals surface area (Å²) in [4.78, 5) is 49.1. The summed E-state index contributed by atoms with van der Waals surface area (Å²) in [7, 11) is 0. The number of nitrogens with zero attached hydrogens (tertiary/aromatic N) is 3. The van der Waals surface area contributed by atoms with Gasteiger partial charge in [0.1, 0.15) is 6.04 Å². The summed E-state index contributed by atoms with van der Waals surface area (Å²) in [6, 6.07) is 8.60. The van der Waals surface area contributed by atoms with Crippen LogP contribution in [0.25, 0.3) is 0 Å². The number of halogens is 1. The normalized spacial score (nSPS) is 28.2. The Hall–Kier alpha value is -2.10. The Kier molecular flexibility index (Phi) is 11.6. The lowest BCUT2D eigenvalue weighted by molar-refractivity contribution is -0.147. The summed E-state index contributed by atoms with van der Waals surface area (Å²) in [6.45, 7) is 15.6. The van der Waals surface area contributed by atoms with Gasteiger partial charge >= 0.3 is 0 Å². The van der Waals surface area contributed by atoms with E-state index in [0.29, 0.717) is 39.0 Å².